The SMILES string of the molecule is Br.CCCCN1CCc2c(cc(O)c(O)c2Br)C(c2ccccc2)C1. The van der Waals surface area contributed by atoms with Gasteiger partial charge in [-0.1, -0.05) is 43.7 Å². The van der Waals surface area contributed by atoms with Crippen molar-refractivity contribution in [2.24, 2.45) is 0 Å². The van der Waals surface area contributed by atoms with Crippen LogP contribution in [0, 0.1) is 0 Å². The van der Waals surface area contributed by atoms with E-state index in [1.165, 1.54) is 18.4 Å². The van der Waals surface area contributed by atoms with Gasteiger partial charge in [0.1, 0.15) is 0 Å². The van der Waals surface area contributed by atoms with E-state index < -0.39 is 0 Å². The van der Waals surface area contributed by atoms with Gasteiger partial charge >= 0.3 is 0 Å². The van der Waals surface area contributed by atoms with E-state index in [9.17, 15) is 10.2 Å². The summed E-state index contributed by atoms with van der Waals surface area (Å²) in [5.41, 5.74) is 3.47. The highest BCUT2D eigenvalue weighted by atomic mass is 79.9. The molecule has 3 rings (SSSR count). The molecule has 3 nitrogen and oxygen atoms in total. The summed E-state index contributed by atoms with van der Waals surface area (Å²) < 4.78 is 0.635. The molecule has 1 heterocycles. The van der Waals surface area contributed by atoms with Gasteiger partial charge in [0.25, 0.3) is 0 Å². The molecule has 0 amide bonds. The standard InChI is InChI=1S/C20H24BrNO2.BrH/c1-2-3-10-22-11-9-15-16(12-18(23)20(24)19(15)21)17(13-22)14-7-5-4-6-8-14;/h4-8,12,17,23-24H,2-3,9-11,13H2,1H3;1H. The number of nitrogens with zero attached hydrogens (tertiary/aromatic N) is 1. The van der Waals surface area contributed by atoms with Crippen molar-refractivity contribution >= 4 is 32.9 Å². The monoisotopic (exact) mass is 469 g/mol. The molecule has 0 radical (unpaired) electrons. The summed E-state index contributed by atoms with van der Waals surface area (Å²) in [7, 11) is 0. The van der Waals surface area contributed by atoms with Gasteiger partial charge in [0.2, 0.25) is 0 Å². The Bertz CT molecular complexity index is 707. The van der Waals surface area contributed by atoms with E-state index in [1.807, 2.05) is 6.07 Å². The molecule has 136 valence electrons. The summed E-state index contributed by atoms with van der Waals surface area (Å²) >= 11 is 3.50. The first kappa shape index (κ1) is 20.3. The lowest BCUT2D eigenvalue weighted by molar-refractivity contribution is 0.272. The molecule has 2 aromatic rings. The maximum atomic E-state index is 10.1. The lowest BCUT2D eigenvalue weighted by Crippen LogP contribution is -2.29. The quantitative estimate of drug-likeness (QED) is 0.601. The van der Waals surface area contributed by atoms with Gasteiger partial charge in [0, 0.05) is 19.0 Å². The molecule has 1 aliphatic rings. The van der Waals surface area contributed by atoms with Gasteiger partial charge < -0.3 is 15.1 Å². The number of phenols is 2. The maximum Gasteiger partial charge on any atom is 0.172 e. The molecule has 5 heteroatoms. The van der Waals surface area contributed by atoms with Crippen LogP contribution in [-0.4, -0.2) is 34.7 Å². The van der Waals surface area contributed by atoms with Crippen LogP contribution in [-0.2, 0) is 6.42 Å². The van der Waals surface area contributed by atoms with E-state index >= 15 is 0 Å². The summed E-state index contributed by atoms with van der Waals surface area (Å²) in [5.74, 6) is 0.0921. The van der Waals surface area contributed by atoms with Crippen LogP contribution in [0.15, 0.2) is 40.9 Å². The van der Waals surface area contributed by atoms with Crippen molar-refractivity contribution in [3.8, 4) is 11.5 Å². The zero-order valence-corrected chi connectivity index (χ0v) is 17.7. The van der Waals surface area contributed by atoms with Crippen molar-refractivity contribution < 1.29 is 10.2 Å². The van der Waals surface area contributed by atoms with Crippen molar-refractivity contribution in [2.45, 2.75) is 32.1 Å². The van der Waals surface area contributed by atoms with Crippen LogP contribution in [0.4, 0.5) is 0 Å². The zero-order chi connectivity index (χ0) is 17.1. The molecule has 25 heavy (non-hydrogen) atoms. The molecular formula is C20H25Br2NO2. The van der Waals surface area contributed by atoms with Crippen molar-refractivity contribution in [3.05, 3.63) is 57.6 Å². The number of unbranched alkanes of at least 4 members (excludes halogenated alkanes) is 1. The predicted molar refractivity (Wildman–Crippen MR) is 111 cm³/mol. The highest BCUT2D eigenvalue weighted by Gasteiger charge is 2.28. The van der Waals surface area contributed by atoms with E-state index in [0.29, 0.717) is 4.47 Å². The van der Waals surface area contributed by atoms with Gasteiger partial charge in [-0.2, -0.15) is 0 Å². The molecule has 0 aromatic heterocycles. The predicted octanol–water partition coefficient (Wildman–Crippen LogP) is 5.23. The largest absolute Gasteiger partial charge is 0.504 e. The molecule has 0 spiro atoms. The second-order valence-corrected chi connectivity index (χ2v) is 7.29. The van der Waals surface area contributed by atoms with Crippen LogP contribution in [0.5, 0.6) is 11.5 Å². The van der Waals surface area contributed by atoms with Crippen LogP contribution in [0.3, 0.4) is 0 Å². The van der Waals surface area contributed by atoms with Gasteiger partial charge in [-0.05, 0) is 58.1 Å². The fraction of sp³-hybridized carbons (Fsp3) is 0.400. The highest BCUT2D eigenvalue weighted by molar-refractivity contribution is 9.10. The van der Waals surface area contributed by atoms with Crippen molar-refractivity contribution in [3.63, 3.8) is 0 Å². The van der Waals surface area contributed by atoms with Crippen molar-refractivity contribution in [1.29, 1.82) is 0 Å². The van der Waals surface area contributed by atoms with Crippen molar-refractivity contribution in [1.82, 2.24) is 4.90 Å². The smallest absolute Gasteiger partial charge is 0.172 e. The van der Waals surface area contributed by atoms with E-state index in [1.54, 1.807) is 6.07 Å². The summed E-state index contributed by atoms with van der Waals surface area (Å²) in [6.45, 7) is 5.21. The molecule has 0 saturated carbocycles. The average Bonchev–Trinajstić information content (AvgIpc) is 2.78. The maximum absolute atomic E-state index is 10.1. The summed E-state index contributed by atoms with van der Waals surface area (Å²) in [5, 5.41) is 20.2. The van der Waals surface area contributed by atoms with E-state index in [2.05, 4.69) is 52.0 Å². The highest BCUT2D eigenvalue weighted by Crippen LogP contribution is 2.43. The normalized spacial score (nSPS) is 17.4. The molecular weight excluding hydrogens is 446 g/mol. The Morgan fingerprint density at radius 2 is 1.92 bits per heavy atom. The minimum Gasteiger partial charge on any atom is -0.504 e. The van der Waals surface area contributed by atoms with Crippen LogP contribution < -0.4 is 0 Å². The minimum atomic E-state index is -0.0532. The number of rotatable bonds is 4. The number of hydrogen-bond donors (Lipinski definition) is 2. The molecule has 0 bridgehead atoms. The Hall–Kier alpha value is -1.04. The topological polar surface area (TPSA) is 43.7 Å². The van der Waals surface area contributed by atoms with Crippen LogP contribution in [0.1, 0.15) is 42.4 Å². The minimum absolute atomic E-state index is 0. The van der Waals surface area contributed by atoms with Gasteiger partial charge in [-0.25, -0.2) is 0 Å². The molecule has 0 aliphatic carbocycles. The third-order valence-corrected chi connectivity index (χ3v) is 5.73. The fourth-order valence-corrected chi connectivity index (χ4v) is 4.15. The Labute approximate surface area is 168 Å². The Balaban J connectivity index is 0.00000225. The molecule has 1 unspecified atom stereocenters. The lowest BCUT2D eigenvalue weighted by atomic mass is 9.87. The molecule has 2 N–H and O–H groups in total. The number of hydrogen-bond acceptors (Lipinski definition) is 3. The Morgan fingerprint density at radius 1 is 1.20 bits per heavy atom. The van der Waals surface area contributed by atoms with Gasteiger partial charge in [0.05, 0.1) is 4.47 Å². The third-order valence-electron chi connectivity index (χ3n) is 4.88. The fourth-order valence-electron chi connectivity index (χ4n) is 3.52. The number of fused-ring (bicyclic) bond motifs is 1. The van der Waals surface area contributed by atoms with E-state index in [0.717, 1.165) is 37.2 Å². The molecule has 1 aliphatic heterocycles. The Morgan fingerprint density at radius 3 is 2.60 bits per heavy atom. The number of aromatic hydroxyl groups is 2. The molecule has 2 aromatic carbocycles. The summed E-state index contributed by atoms with van der Waals surface area (Å²) in [6.07, 6.45) is 3.25. The lowest BCUT2D eigenvalue weighted by Gasteiger charge is -2.25. The van der Waals surface area contributed by atoms with Crippen LogP contribution in [0.2, 0.25) is 0 Å². The van der Waals surface area contributed by atoms with Crippen LogP contribution in [0.25, 0.3) is 0 Å². The first-order valence-corrected chi connectivity index (χ1v) is 9.41. The van der Waals surface area contributed by atoms with Gasteiger partial charge in [-0.15, -0.1) is 17.0 Å². The molecule has 0 fully saturated rings. The third kappa shape index (κ3) is 4.39. The van der Waals surface area contributed by atoms with Gasteiger partial charge in [-0.3, -0.25) is 0 Å². The van der Waals surface area contributed by atoms with Gasteiger partial charge in [0.15, 0.2) is 11.5 Å². The molecule has 0 saturated heterocycles. The second-order valence-electron chi connectivity index (χ2n) is 6.49. The first-order valence-electron chi connectivity index (χ1n) is 8.62. The number of benzene rings is 2. The number of phenolic OH excluding ortho intramolecular Hbond substituents is 2. The molecule has 1 atom stereocenters. The summed E-state index contributed by atoms with van der Waals surface area (Å²) in [6, 6.07) is 12.2. The van der Waals surface area contributed by atoms with Crippen LogP contribution >= 0.6 is 32.9 Å². The van der Waals surface area contributed by atoms with E-state index in [-0.39, 0.29) is 34.4 Å². The number of halogens is 2. The zero-order valence-electron chi connectivity index (χ0n) is 14.4. The van der Waals surface area contributed by atoms with E-state index in [4.69, 9.17) is 0 Å². The average molecular weight is 471 g/mol. The second kappa shape index (κ2) is 9.06. The van der Waals surface area contributed by atoms with Crippen molar-refractivity contribution in [2.75, 3.05) is 19.6 Å². The Kier molecular flexibility index (Phi) is 7.35. The summed E-state index contributed by atoms with van der Waals surface area (Å²) in [4.78, 5) is 2.50. The first-order chi connectivity index (χ1) is 11.6.